The highest BCUT2D eigenvalue weighted by Gasteiger charge is 1.96. The lowest BCUT2D eigenvalue weighted by Gasteiger charge is -2.00. The lowest BCUT2D eigenvalue weighted by molar-refractivity contribution is 1.38. The normalized spacial score (nSPS) is 10.1. The molecule has 0 bridgehead atoms. The topological polar surface area (TPSA) is 88.2 Å². The number of aliphatic imine (C=N–C) groups is 1. The van der Waals surface area contributed by atoms with Crippen molar-refractivity contribution in [3.8, 4) is 0 Å². The number of hydrogen-bond donors (Lipinski definition) is 3. The molecule has 1 aromatic rings. The molecule has 0 aromatic heterocycles. The molecule has 0 spiro atoms. The van der Waals surface area contributed by atoms with Gasteiger partial charge < -0.3 is 11.5 Å². The zero-order chi connectivity index (χ0) is 11.3. The van der Waals surface area contributed by atoms with Crippen LogP contribution in [0.25, 0.3) is 0 Å². The van der Waals surface area contributed by atoms with Gasteiger partial charge in [0.05, 0.1) is 11.5 Å². The van der Waals surface area contributed by atoms with Crippen molar-refractivity contribution in [2.24, 2.45) is 16.5 Å². The Balaban J connectivity index is 0. The average Bonchev–Trinajstić information content (AvgIpc) is 2.16. The van der Waals surface area contributed by atoms with E-state index >= 15 is 0 Å². The second-order valence-corrected chi connectivity index (χ2v) is 4.09. The van der Waals surface area contributed by atoms with Crippen molar-refractivity contribution in [2.45, 2.75) is 12.7 Å². The molecule has 0 fully saturated rings. The molecule has 0 amide bonds. The highest BCUT2D eigenvalue weighted by Crippen LogP contribution is 2.16. The fraction of sp³-hybridized carbons (Fsp3) is 0.200. The van der Waals surface area contributed by atoms with Gasteiger partial charge in [-0.2, -0.15) is 0 Å². The number of nitrogens with two attached hydrogens (primary N) is 2. The third kappa shape index (κ3) is 8.23. The van der Waals surface area contributed by atoms with Gasteiger partial charge in [-0.15, -0.1) is 34.0 Å². The van der Waals surface area contributed by atoms with E-state index in [0.29, 0.717) is 11.6 Å². The summed E-state index contributed by atoms with van der Waals surface area (Å²) in [5, 5.41) is 7.21. The van der Waals surface area contributed by atoms with Gasteiger partial charge in [-0.05, 0) is 24.6 Å². The molecule has 0 aliphatic rings. The summed E-state index contributed by atoms with van der Waals surface area (Å²) >= 11 is 1.30. The molecular formula is C10H16Br2N4S. The molecule has 0 radical (unpaired) electrons. The predicted molar refractivity (Wildman–Crippen MR) is 87.3 cm³/mol. The molecule has 0 saturated carbocycles. The number of halogens is 2. The number of rotatable bonds is 3. The second kappa shape index (κ2) is 9.49. The Bertz CT molecular complexity index is 374. The molecule has 0 saturated heterocycles. The van der Waals surface area contributed by atoms with E-state index in [9.17, 15) is 0 Å². The van der Waals surface area contributed by atoms with Gasteiger partial charge in [0.25, 0.3) is 0 Å². The number of benzene rings is 1. The number of amidine groups is 2. The van der Waals surface area contributed by atoms with Crippen LogP contribution in [-0.4, -0.2) is 11.0 Å². The van der Waals surface area contributed by atoms with Crippen molar-refractivity contribution in [1.29, 1.82) is 5.41 Å². The highest BCUT2D eigenvalue weighted by atomic mass is 79.9. The van der Waals surface area contributed by atoms with Crippen LogP contribution >= 0.6 is 45.7 Å². The van der Waals surface area contributed by atoms with Gasteiger partial charge in [-0.25, -0.2) is 4.99 Å². The monoisotopic (exact) mass is 382 g/mol. The molecule has 0 atom stereocenters. The SMILES string of the molecule is Br.Br.CC(N)=Nc1ccc(CSC(=N)N)cc1. The Morgan fingerprint density at radius 1 is 1.24 bits per heavy atom. The summed E-state index contributed by atoms with van der Waals surface area (Å²) in [7, 11) is 0. The summed E-state index contributed by atoms with van der Waals surface area (Å²) in [6, 6.07) is 7.70. The molecular weight excluding hydrogens is 368 g/mol. The number of nitrogens with zero attached hydrogens (tertiary/aromatic N) is 1. The van der Waals surface area contributed by atoms with Crippen LogP contribution in [0, 0.1) is 5.41 Å². The number of hydrogen-bond acceptors (Lipinski definition) is 3. The first-order chi connectivity index (χ1) is 7.08. The minimum absolute atomic E-state index is 0. The number of nitrogens with one attached hydrogen (secondary N) is 1. The Morgan fingerprint density at radius 2 is 1.76 bits per heavy atom. The van der Waals surface area contributed by atoms with E-state index in [1.54, 1.807) is 6.92 Å². The first-order valence-electron chi connectivity index (χ1n) is 4.44. The van der Waals surface area contributed by atoms with E-state index in [0.717, 1.165) is 11.3 Å². The smallest absolute Gasteiger partial charge is 0.151 e. The van der Waals surface area contributed by atoms with Crippen molar-refractivity contribution < 1.29 is 0 Å². The number of thioether (sulfide) groups is 1. The van der Waals surface area contributed by atoms with E-state index in [4.69, 9.17) is 16.9 Å². The summed E-state index contributed by atoms with van der Waals surface area (Å²) in [4.78, 5) is 4.12. The molecule has 0 unspecified atom stereocenters. The van der Waals surface area contributed by atoms with Crippen LogP contribution in [0.1, 0.15) is 12.5 Å². The Hall–Kier alpha value is -0.530. The fourth-order valence-corrected chi connectivity index (χ4v) is 1.55. The molecule has 7 heteroatoms. The largest absolute Gasteiger partial charge is 0.387 e. The van der Waals surface area contributed by atoms with Crippen LogP contribution in [0.3, 0.4) is 0 Å². The van der Waals surface area contributed by atoms with E-state index in [1.165, 1.54) is 11.8 Å². The lowest BCUT2D eigenvalue weighted by Crippen LogP contribution is -2.04. The van der Waals surface area contributed by atoms with Crippen LogP contribution in [-0.2, 0) is 5.75 Å². The van der Waals surface area contributed by atoms with Crippen LogP contribution in [0.5, 0.6) is 0 Å². The Kier molecular flexibility index (Phi) is 10.5. The summed E-state index contributed by atoms with van der Waals surface area (Å²) < 4.78 is 0. The lowest BCUT2D eigenvalue weighted by atomic mass is 10.2. The molecule has 4 nitrogen and oxygen atoms in total. The molecule has 0 heterocycles. The first-order valence-corrected chi connectivity index (χ1v) is 5.43. The molecule has 1 rings (SSSR count). The molecule has 1 aromatic carbocycles. The maximum absolute atomic E-state index is 7.08. The minimum Gasteiger partial charge on any atom is -0.387 e. The average molecular weight is 384 g/mol. The zero-order valence-electron chi connectivity index (χ0n) is 9.34. The summed E-state index contributed by atoms with van der Waals surface area (Å²) in [6.45, 7) is 1.75. The fourth-order valence-electron chi connectivity index (χ4n) is 1.03. The van der Waals surface area contributed by atoms with E-state index in [2.05, 4.69) is 4.99 Å². The molecule has 5 N–H and O–H groups in total. The first kappa shape index (κ1) is 18.8. The van der Waals surface area contributed by atoms with Gasteiger partial charge in [-0.3, -0.25) is 5.41 Å². The minimum atomic E-state index is 0. The van der Waals surface area contributed by atoms with Gasteiger partial charge in [0.15, 0.2) is 5.17 Å². The third-order valence-corrected chi connectivity index (χ3v) is 2.42. The van der Waals surface area contributed by atoms with E-state index in [1.807, 2.05) is 24.3 Å². The van der Waals surface area contributed by atoms with Crippen molar-refractivity contribution in [2.75, 3.05) is 0 Å². The van der Waals surface area contributed by atoms with Crippen LogP contribution in [0.2, 0.25) is 0 Å². The van der Waals surface area contributed by atoms with E-state index < -0.39 is 0 Å². The Morgan fingerprint density at radius 3 is 2.18 bits per heavy atom. The van der Waals surface area contributed by atoms with Gasteiger partial charge in [0, 0.05) is 5.75 Å². The van der Waals surface area contributed by atoms with Crippen LogP contribution in [0.4, 0.5) is 5.69 Å². The van der Waals surface area contributed by atoms with Crippen molar-refractivity contribution in [1.82, 2.24) is 0 Å². The van der Waals surface area contributed by atoms with Gasteiger partial charge in [-0.1, -0.05) is 23.9 Å². The van der Waals surface area contributed by atoms with Gasteiger partial charge >= 0.3 is 0 Å². The van der Waals surface area contributed by atoms with E-state index in [-0.39, 0.29) is 39.1 Å². The van der Waals surface area contributed by atoms with Crippen LogP contribution in [0.15, 0.2) is 29.3 Å². The zero-order valence-corrected chi connectivity index (χ0v) is 13.6. The van der Waals surface area contributed by atoms with Gasteiger partial charge in [0.1, 0.15) is 0 Å². The molecule has 0 aliphatic carbocycles. The summed E-state index contributed by atoms with van der Waals surface area (Å²) in [5.74, 6) is 1.25. The third-order valence-electron chi connectivity index (χ3n) is 1.64. The molecule has 96 valence electrons. The maximum Gasteiger partial charge on any atom is 0.151 e. The van der Waals surface area contributed by atoms with Crippen molar-refractivity contribution >= 4 is 62.4 Å². The highest BCUT2D eigenvalue weighted by molar-refractivity contribution is 8.93. The van der Waals surface area contributed by atoms with Crippen molar-refractivity contribution in [3.63, 3.8) is 0 Å². The molecule has 17 heavy (non-hydrogen) atoms. The standard InChI is InChI=1S/C10H14N4S.2BrH/c1-7(11)14-9-4-2-8(3-5-9)6-15-10(12)13;;/h2-5H,6H2,1H3,(H2,11,14)(H3,12,13);2*1H. The molecule has 0 aliphatic heterocycles. The second-order valence-electron chi connectivity index (χ2n) is 3.07. The quantitative estimate of drug-likeness (QED) is 0.553. The summed E-state index contributed by atoms with van der Waals surface area (Å²) in [6.07, 6.45) is 0. The van der Waals surface area contributed by atoms with Gasteiger partial charge in [0.2, 0.25) is 0 Å². The predicted octanol–water partition coefficient (Wildman–Crippen LogP) is 2.98. The van der Waals surface area contributed by atoms with Crippen molar-refractivity contribution in [3.05, 3.63) is 29.8 Å². The maximum atomic E-state index is 7.08. The Labute approximate surface area is 126 Å². The summed E-state index contributed by atoms with van der Waals surface area (Å²) in [5.41, 5.74) is 12.7. The van der Waals surface area contributed by atoms with Crippen LogP contribution < -0.4 is 11.5 Å².